The van der Waals surface area contributed by atoms with E-state index in [1.54, 1.807) is 17.9 Å². The van der Waals surface area contributed by atoms with Crippen LogP contribution in [0.5, 0.6) is 0 Å². The van der Waals surface area contributed by atoms with Gasteiger partial charge in [0.2, 0.25) is 0 Å². The maximum absolute atomic E-state index is 13.8. The van der Waals surface area contributed by atoms with Gasteiger partial charge in [0, 0.05) is 37.5 Å². The summed E-state index contributed by atoms with van der Waals surface area (Å²) in [6, 6.07) is 1.98. The van der Waals surface area contributed by atoms with Gasteiger partial charge >= 0.3 is 6.09 Å². The van der Waals surface area contributed by atoms with Crippen LogP contribution in [0.15, 0.2) is 30.9 Å². The van der Waals surface area contributed by atoms with E-state index >= 15 is 0 Å². The third-order valence-corrected chi connectivity index (χ3v) is 8.45. The maximum Gasteiger partial charge on any atom is 0.410 e. The Morgan fingerprint density at radius 2 is 1.80 bits per heavy atom. The molecule has 4 rings (SSSR count). The lowest BCUT2D eigenvalue weighted by Gasteiger charge is -2.33. The Hall–Kier alpha value is -3.55. The van der Waals surface area contributed by atoms with Gasteiger partial charge in [-0.2, -0.15) is 8.78 Å². The number of thiazole rings is 1. The van der Waals surface area contributed by atoms with Crippen molar-refractivity contribution in [3.05, 3.63) is 57.0 Å². The van der Waals surface area contributed by atoms with Gasteiger partial charge in [0.25, 0.3) is 17.5 Å². The summed E-state index contributed by atoms with van der Waals surface area (Å²) in [5, 5.41) is 8.73. The lowest BCUT2D eigenvalue weighted by Crippen LogP contribution is -2.42. The van der Waals surface area contributed by atoms with Gasteiger partial charge in [-0.15, -0.1) is 11.3 Å². The van der Waals surface area contributed by atoms with Crippen molar-refractivity contribution in [3.63, 3.8) is 0 Å². The minimum Gasteiger partial charge on any atom is -0.444 e. The summed E-state index contributed by atoms with van der Waals surface area (Å²) < 4.78 is 33.0. The minimum atomic E-state index is -3.30. The van der Waals surface area contributed by atoms with Crippen LogP contribution in [0.25, 0.3) is 0 Å². The lowest BCUT2D eigenvalue weighted by atomic mass is 9.97. The van der Waals surface area contributed by atoms with Gasteiger partial charge < -0.3 is 25.6 Å². The average molecular weight is 683 g/mol. The quantitative estimate of drug-likeness (QED) is 0.241. The number of carbonyl (C=O) groups is 3. The minimum absolute atomic E-state index is 0.0998. The van der Waals surface area contributed by atoms with Gasteiger partial charge in [-0.05, 0) is 52.5 Å². The fourth-order valence-electron chi connectivity index (χ4n) is 4.34. The average Bonchev–Trinajstić information content (AvgIpc) is 3.47. The first kappa shape index (κ1) is 34.3. The Balaban J connectivity index is 1.28. The van der Waals surface area contributed by atoms with E-state index in [1.807, 2.05) is 20.8 Å². The Labute approximate surface area is 270 Å². The highest BCUT2D eigenvalue weighted by atomic mass is 35.5. The first-order valence-corrected chi connectivity index (χ1v) is 15.8. The monoisotopic (exact) mass is 682 g/mol. The molecular formula is C28H34ClF2N8O4PS. The van der Waals surface area contributed by atoms with Crippen LogP contribution >= 0.6 is 32.2 Å². The number of piperidine rings is 1. The third-order valence-electron chi connectivity index (χ3n) is 6.66. The molecule has 3 aromatic rings. The highest BCUT2D eigenvalue weighted by Gasteiger charge is 2.29. The summed E-state index contributed by atoms with van der Waals surface area (Å²) in [5.41, 5.74) is -4.19. The zero-order valence-electron chi connectivity index (χ0n) is 25.1. The molecule has 0 spiro atoms. The molecule has 1 aliphatic heterocycles. The van der Waals surface area contributed by atoms with Gasteiger partial charge in [-0.3, -0.25) is 9.59 Å². The van der Waals surface area contributed by atoms with Crippen molar-refractivity contribution in [2.24, 2.45) is 5.92 Å². The number of likely N-dealkylation sites (tertiary alicyclic amines) is 1. The first-order chi connectivity index (χ1) is 21.1. The van der Waals surface area contributed by atoms with E-state index in [2.05, 4.69) is 35.9 Å². The summed E-state index contributed by atoms with van der Waals surface area (Å²) in [7, 11) is 1.39. The maximum atomic E-state index is 13.8. The number of hydrogen-bond acceptors (Lipinski definition) is 10. The van der Waals surface area contributed by atoms with Gasteiger partial charge in [0.15, 0.2) is 0 Å². The van der Waals surface area contributed by atoms with Crippen molar-refractivity contribution >= 4 is 61.7 Å². The zero-order valence-corrected chi connectivity index (χ0v) is 27.8. The number of halogens is 3. The van der Waals surface area contributed by atoms with E-state index in [1.165, 1.54) is 21.8 Å². The Bertz CT molecular complexity index is 1540. The first-order valence-electron chi connectivity index (χ1n) is 14.0. The Kier molecular flexibility index (Phi) is 10.9. The molecule has 4 heterocycles. The van der Waals surface area contributed by atoms with Crippen molar-refractivity contribution in [1.29, 1.82) is 0 Å². The second-order valence-corrected chi connectivity index (χ2v) is 13.7. The Morgan fingerprint density at radius 1 is 1.09 bits per heavy atom. The highest BCUT2D eigenvalue weighted by Crippen LogP contribution is 2.39. The standard InChI is InChI=1S/C28H34ClF2N8O4PS/c1-15(25-34-13-20(45-25)24(41)38-22-9-17(28(30,31)44)18(29)12-33-22)37-23(40)19-10-21(36-14-35-19)32-11-16-5-7-39(8-6-16)26(42)43-27(2,3)4/h9-10,12-16H,5-8,11,44H2,1-4H3,(H,37,40)(H,32,35,36)(H,33,38,41). The molecule has 2 atom stereocenters. The van der Waals surface area contributed by atoms with Crippen LogP contribution in [0.1, 0.15) is 77.3 Å². The molecular weight excluding hydrogens is 649 g/mol. The summed E-state index contributed by atoms with van der Waals surface area (Å²) in [6.45, 7) is 9.06. The smallest absolute Gasteiger partial charge is 0.410 e. The molecule has 0 aromatic carbocycles. The van der Waals surface area contributed by atoms with Crippen LogP contribution in [-0.4, -0.2) is 68.0 Å². The van der Waals surface area contributed by atoms with E-state index < -0.39 is 34.7 Å². The van der Waals surface area contributed by atoms with Crippen LogP contribution in [0.2, 0.25) is 5.02 Å². The predicted octanol–water partition coefficient (Wildman–Crippen LogP) is 5.71. The molecule has 0 aliphatic carbocycles. The molecule has 242 valence electrons. The molecule has 0 radical (unpaired) electrons. The fraction of sp³-hybridized carbons (Fsp3) is 0.464. The van der Waals surface area contributed by atoms with E-state index in [4.69, 9.17) is 16.3 Å². The number of pyridine rings is 1. The molecule has 1 saturated heterocycles. The molecule has 17 heteroatoms. The van der Waals surface area contributed by atoms with Crippen LogP contribution in [0.3, 0.4) is 0 Å². The van der Waals surface area contributed by atoms with E-state index in [0.717, 1.165) is 36.4 Å². The molecule has 45 heavy (non-hydrogen) atoms. The van der Waals surface area contributed by atoms with Crippen LogP contribution in [0.4, 0.5) is 25.2 Å². The van der Waals surface area contributed by atoms with Crippen LogP contribution in [-0.2, 0) is 10.4 Å². The Morgan fingerprint density at radius 3 is 2.47 bits per heavy atom. The molecule has 3 amide bonds. The summed E-state index contributed by atoms with van der Waals surface area (Å²) in [6.07, 6.45) is 4.96. The van der Waals surface area contributed by atoms with Crippen LogP contribution in [0, 0.1) is 5.92 Å². The van der Waals surface area contributed by atoms with Gasteiger partial charge in [0.05, 0.1) is 17.3 Å². The number of ether oxygens (including phenoxy) is 1. The summed E-state index contributed by atoms with van der Waals surface area (Å²) in [5.74, 6) is -0.360. The number of carbonyl (C=O) groups excluding carboxylic acids is 3. The number of anilines is 2. The van der Waals surface area contributed by atoms with Crippen molar-refractivity contribution in [1.82, 2.24) is 30.2 Å². The summed E-state index contributed by atoms with van der Waals surface area (Å²) >= 11 is 6.83. The third kappa shape index (κ3) is 9.72. The predicted molar refractivity (Wildman–Crippen MR) is 170 cm³/mol. The molecule has 0 bridgehead atoms. The number of nitrogens with one attached hydrogen (secondary N) is 3. The number of aromatic nitrogens is 4. The summed E-state index contributed by atoms with van der Waals surface area (Å²) in [4.78, 5) is 56.3. The van der Waals surface area contributed by atoms with Crippen molar-refractivity contribution in [2.75, 3.05) is 30.3 Å². The molecule has 1 fully saturated rings. The SMILES string of the molecule is CC(NC(=O)c1cc(NCC2CCN(C(=O)OC(C)(C)C)CC2)ncn1)c1ncc(C(=O)Nc2cc(C(F)(F)P)c(Cl)cn2)s1. The highest BCUT2D eigenvalue weighted by molar-refractivity contribution is 7.17. The number of amides is 3. The number of alkyl halides is 2. The zero-order chi connectivity index (χ0) is 32.9. The second kappa shape index (κ2) is 14.3. The van der Waals surface area contributed by atoms with Gasteiger partial charge in [0.1, 0.15) is 39.1 Å². The molecule has 12 nitrogen and oxygen atoms in total. The van der Waals surface area contributed by atoms with E-state index in [-0.39, 0.29) is 27.5 Å². The number of hydrogen-bond donors (Lipinski definition) is 3. The topological polar surface area (TPSA) is 151 Å². The lowest BCUT2D eigenvalue weighted by molar-refractivity contribution is 0.0188. The van der Waals surface area contributed by atoms with Gasteiger partial charge in [-0.25, -0.2) is 24.7 Å². The largest absolute Gasteiger partial charge is 0.444 e. The van der Waals surface area contributed by atoms with E-state index in [9.17, 15) is 23.2 Å². The molecule has 0 saturated carbocycles. The van der Waals surface area contributed by atoms with Gasteiger partial charge in [-0.1, -0.05) is 20.8 Å². The second-order valence-electron chi connectivity index (χ2n) is 11.5. The number of rotatable bonds is 9. The fourth-order valence-corrected chi connectivity index (χ4v) is 5.71. The van der Waals surface area contributed by atoms with Crippen molar-refractivity contribution in [3.8, 4) is 0 Å². The van der Waals surface area contributed by atoms with Crippen molar-refractivity contribution in [2.45, 2.75) is 57.8 Å². The van der Waals surface area contributed by atoms with Crippen LogP contribution < -0.4 is 16.0 Å². The molecule has 3 N–H and O–H groups in total. The molecule has 1 aliphatic rings. The van der Waals surface area contributed by atoms with Crippen molar-refractivity contribution < 1.29 is 27.9 Å². The van der Waals surface area contributed by atoms with E-state index in [0.29, 0.717) is 36.4 Å². The molecule has 2 unspecified atom stereocenters. The number of nitrogens with zero attached hydrogens (tertiary/aromatic N) is 5. The normalized spacial score (nSPS) is 14.9. The molecule has 3 aromatic heterocycles.